The lowest BCUT2D eigenvalue weighted by Gasteiger charge is -2.42. The van der Waals surface area contributed by atoms with Crippen LogP contribution in [-0.2, 0) is 11.3 Å². The molecule has 2 atom stereocenters. The zero-order valence-electron chi connectivity index (χ0n) is 18.7. The summed E-state index contributed by atoms with van der Waals surface area (Å²) in [5, 5.41) is 0. The van der Waals surface area contributed by atoms with Gasteiger partial charge in [-0.05, 0) is 62.3 Å². The number of amides is 1. The Bertz CT molecular complexity index is 945. The van der Waals surface area contributed by atoms with Crippen molar-refractivity contribution in [3.63, 3.8) is 0 Å². The fraction of sp³-hybridized carbons (Fsp3) is 0.520. The van der Waals surface area contributed by atoms with Gasteiger partial charge in [-0.2, -0.15) is 0 Å². The zero-order valence-corrected chi connectivity index (χ0v) is 18.7. The Labute approximate surface area is 190 Å². The predicted molar refractivity (Wildman–Crippen MR) is 127 cm³/mol. The average Bonchev–Trinajstić information content (AvgIpc) is 3.28. The second-order valence-electron chi connectivity index (χ2n) is 9.15. The first kappa shape index (κ1) is 20.9. The van der Waals surface area contributed by atoms with Crippen LogP contribution in [0.4, 0.5) is 22.0 Å². The Balaban J connectivity index is 1.33. The molecule has 3 saturated heterocycles. The van der Waals surface area contributed by atoms with Crippen LogP contribution in [0, 0.1) is 0 Å². The van der Waals surface area contributed by atoms with Crippen molar-refractivity contribution in [1.82, 2.24) is 4.98 Å². The number of aromatic nitrogens is 1. The quantitative estimate of drug-likeness (QED) is 0.767. The van der Waals surface area contributed by atoms with E-state index in [1.54, 1.807) is 0 Å². The van der Waals surface area contributed by atoms with Crippen molar-refractivity contribution in [3.8, 4) is 0 Å². The van der Waals surface area contributed by atoms with Gasteiger partial charge in [0.1, 0.15) is 12.4 Å². The van der Waals surface area contributed by atoms with Crippen molar-refractivity contribution in [2.24, 2.45) is 5.73 Å². The molecule has 0 spiro atoms. The van der Waals surface area contributed by atoms with Crippen LogP contribution < -0.4 is 20.4 Å². The van der Waals surface area contributed by atoms with Crippen molar-refractivity contribution < 1.29 is 9.53 Å². The van der Waals surface area contributed by atoms with Gasteiger partial charge in [-0.25, -0.2) is 9.78 Å². The molecule has 3 fully saturated rings. The third-order valence-electron chi connectivity index (χ3n) is 7.18. The van der Waals surface area contributed by atoms with Crippen LogP contribution in [0.2, 0.25) is 0 Å². The van der Waals surface area contributed by atoms with Gasteiger partial charge < -0.3 is 25.2 Å². The van der Waals surface area contributed by atoms with Gasteiger partial charge in [-0.1, -0.05) is 12.1 Å². The lowest BCUT2D eigenvalue weighted by atomic mass is 9.95. The van der Waals surface area contributed by atoms with E-state index in [1.807, 2.05) is 18.3 Å². The van der Waals surface area contributed by atoms with E-state index in [-0.39, 0.29) is 6.61 Å². The minimum atomic E-state index is -0.737. The second kappa shape index (κ2) is 9.27. The highest BCUT2D eigenvalue weighted by Crippen LogP contribution is 2.37. The number of hydrogen-bond donors (Lipinski definition) is 1. The molecule has 170 valence electrons. The Morgan fingerprint density at radius 1 is 0.938 bits per heavy atom. The van der Waals surface area contributed by atoms with Crippen molar-refractivity contribution in [2.45, 2.75) is 57.2 Å². The lowest BCUT2D eigenvalue weighted by molar-refractivity contribution is 0.150. The number of hydrogen-bond acceptors (Lipinski definition) is 6. The molecule has 1 amide bonds. The maximum atomic E-state index is 11.0. The molecular weight excluding hydrogens is 402 g/mol. The zero-order chi connectivity index (χ0) is 21.9. The van der Waals surface area contributed by atoms with E-state index in [4.69, 9.17) is 15.5 Å². The molecule has 0 aliphatic carbocycles. The fourth-order valence-corrected chi connectivity index (χ4v) is 5.68. The number of nitrogens with zero attached hydrogens (tertiary/aromatic N) is 4. The topological polar surface area (TPSA) is 74.9 Å². The van der Waals surface area contributed by atoms with E-state index in [9.17, 15) is 4.79 Å². The van der Waals surface area contributed by atoms with Crippen LogP contribution in [0.15, 0.2) is 42.6 Å². The molecule has 0 bridgehead atoms. The SMILES string of the molecule is NC(=O)OCc1cccc(N2CCC[C@@H]3[C@H]2CCN3c2cc(N3CCCCC3)ccn2)c1. The largest absolute Gasteiger partial charge is 0.445 e. The first-order valence-corrected chi connectivity index (χ1v) is 11.9. The number of ether oxygens (including phenoxy) is 1. The maximum absolute atomic E-state index is 11.0. The normalized spacial score (nSPS) is 23.2. The van der Waals surface area contributed by atoms with Crippen LogP contribution in [-0.4, -0.2) is 49.3 Å². The molecule has 5 rings (SSSR count). The molecule has 32 heavy (non-hydrogen) atoms. The maximum Gasteiger partial charge on any atom is 0.404 e. The Kier molecular flexibility index (Phi) is 6.06. The Hall–Kier alpha value is -2.96. The van der Waals surface area contributed by atoms with Crippen LogP contribution in [0.5, 0.6) is 0 Å². The number of carbonyl (C=O) groups excluding carboxylic acids is 1. The van der Waals surface area contributed by atoms with Gasteiger partial charge in [-0.15, -0.1) is 0 Å². The highest BCUT2D eigenvalue weighted by atomic mass is 16.5. The van der Waals surface area contributed by atoms with Gasteiger partial charge in [-0.3, -0.25) is 0 Å². The van der Waals surface area contributed by atoms with Crippen LogP contribution >= 0.6 is 0 Å². The number of primary amides is 1. The summed E-state index contributed by atoms with van der Waals surface area (Å²) in [6.07, 6.45) is 8.63. The number of pyridine rings is 1. The molecule has 0 saturated carbocycles. The van der Waals surface area contributed by atoms with Gasteiger partial charge in [0.15, 0.2) is 0 Å². The molecule has 3 aliphatic rings. The van der Waals surface area contributed by atoms with Crippen LogP contribution in [0.3, 0.4) is 0 Å². The summed E-state index contributed by atoms with van der Waals surface area (Å²) in [6, 6.07) is 13.7. The highest BCUT2D eigenvalue weighted by Gasteiger charge is 2.41. The molecule has 0 unspecified atom stereocenters. The van der Waals surface area contributed by atoms with Crippen molar-refractivity contribution in [2.75, 3.05) is 40.9 Å². The third-order valence-corrected chi connectivity index (χ3v) is 7.18. The van der Waals surface area contributed by atoms with Crippen LogP contribution in [0.25, 0.3) is 0 Å². The standard InChI is InChI=1S/C25H33N5O2/c26-25(31)32-18-19-6-4-7-21(16-19)29-14-5-8-22-23(29)10-15-30(22)24-17-20(9-11-27-24)28-12-2-1-3-13-28/h4,6-7,9,11,16-17,22-23H,1-3,5,8,10,12-15,18H2,(H2,26,31)/t22-,23-/m1/s1. The van der Waals surface area contributed by atoms with E-state index in [0.717, 1.165) is 50.4 Å². The van der Waals surface area contributed by atoms with Crippen molar-refractivity contribution in [1.29, 1.82) is 0 Å². The van der Waals surface area contributed by atoms with E-state index in [1.165, 1.54) is 37.1 Å². The summed E-state index contributed by atoms with van der Waals surface area (Å²) in [6.45, 7) is 4.60. The number of rotatable bonds is 5. The molecule has 4 heterocycles. The summed E-state index contributed by atoms with van der Waals surface area (Å²) in [5.74, 6) is 1.12. The molecule has 0 radical (unpaired) electrons. The van der Waals surface area contributed by atoms with E-state index in [2.05, 4.69) is 39.0 Å². The Morgan fingerprint density at radius 3 is 2.62 bits per heavy atom. The Morgan fingerprint density at radius 2 is 1.78 bits per heavy atom. The molecule has 1 aromatic heterocycles. The minimum absolute atomic E-state index is 0.213. The smallest absolute Gasteiger partial charge is 0.404 e. The molecule has 2 N–H and O–H groups in total. The second-order valence-corrected chi connectivity index (χ2v) is 9.15. The highest BCUT2D eigenvalue weighted by molar-refractivity contribution is 5.64. The number of carbonyl (C=O) groups is 1. The van der Waals surface area contributed by atoms with E-state index in [0.29, 0.717) is 12.1 Å². The number of benzene rings is 1. The molecule has 2 aromatic rings. The minimum Gasteiger partial charge on any atom is -0.445 e. The van der Waals surface area contributed by atoms with Gasteiger partial charge in [0.25, 0.3) is 0 Å². The molecular formula is C25H33N5O2. The number of anilines is 3. The summed E-state index contributed by atoms with van der Waals surface area (Å²) >= 11 is 0. The van der Waals surface area contributed by atoms with Crippen molar-refractivity contribution >= 4 is 23.3 Å². The third kappa shape index (κ3) is 4.33. The summed E-state index contributed by atoms with van der Waals surface area (Å²) < 4.78 is 4.99. The number of nitrogens with two attached hydrogens (primary N) is 1. The van der Waals surface area contributed by atoms with E-state index >= 15 is 0 Å². The van der Waals surface area contributed by atoms with Gasteiger partial charge in [0.2, 0.25) is 0 Å². The first-order chi connectivity index (χ1) is 15.7. The molecule has 3 aliphatic heterocycles. The predicted octanol–water partition coefficient (Wildman–Crippen LogP) is 3.91. The summed E-state index contributed by atoms with van der Waals surface area (Å²) in [7, 11) is 0. The number of piperidine rings is 2. The lowest BCUT2D eigenvalue weighted by Crippen LogP contribution is -2.50. The fourth-order valence-electron chi connectivity index (χ4n) is 5.68. The average molecular weight is 436 g/mol. The summed E-state index contributed by atoms with van der Waals surface area (Å²) in [5.41, 5.74) is 8.61. The van der Waals surface area contributed by atoms with Crippen molar-refractivity contribution in [3.05, 3.63) is 48.2 Å². The van der Waals surface area contributed by atoms with Gasteiger partial charge >= 0.3 is 6.09 Å². The molecule has 1 aromatic carbocycles. The molecule has 7 nitrogen and oxygen atoms in total. The first-order valence-electron chi connectivity index (χ1n) is 11.9. The number of fused-ring (bicyclic) bond motifs is 1. The van der Waals surface area contributed by atoms with Gasteiger partial charge in [0, 0.05) is 49.8 Å². The summed E-state index contributed by atoms with van der Waals surface area (Å²) in [4.78, 5) is 23.3. The van der Waals surface area contributed by atoms with E-state index < -0.39 is 6.09 Å². The van der Waals surface area contributed by atoms with Crippen LogP contribution in [0.1, 0.15) is 44.1 Å². The van der Waals surface area contributed by atoms with Gasteiger partial charge in [0.05, 0.1) is 12.1 Å². The monoisotopic (exact) mass is 435 g/mol. The molecule has 7 heteroatoms.